The van der Waals surface area contributed by atoms with Crippen LogP contribution in [0.2, 0.25) is 0 Å². The van der Waals surface area contributed by atoms with Gasteiger partial charge in [-0.25, -0.2) is 0 Å². The third-order valence-corrected chi connectivity index (χ3v) is 3.10. The maximum atomic E-state index is 9.64. The molecule has 0 heterocycles. The van der Waals surface area contributed by atoms with E-state index in [4.69, 9.17) is 0 Å². The summed E-state index contributed by atoms with van der Waals surface area (Å²) in [6.45, 7) is 3.76. The lowest BCUT2D eigenvalue weighted by molar-refractivity contribution is 0.725. The molecular formula is C19H15N. The number of benzene rings is 2. The Labute approximate surface area is 120 Å². The van der Waals surface area contributed by atoms with Crippen LogP contribution < -0.4 is 0 Å². The third kappa shape index (κ3) is 2.97. The Kier molecular flexibility index (Phi) is 4.38. The van der Waals surface area contributed by atoms with Crippen LogP contribution in [0.5, 0.6) is 0 Å². The first-order valence-electron chi connectivity index (χ1n) is 6.47. The number of nitrogens with zero attached hydrogens (tertiary/aromatic N) is 1. The van der Waals surface area contributed by atoms with Crippen LogP contribution in [0.1, 0.15) is 17.5 Å². The molecule has 2 aromatic carbocycles. The molecule has 0 aliphatic carbocycles. The van der Waals surface area contributed by atoms with E-state index in [0.29, 0.717) is 6.42 Å². The van der Waals surface area contributed by atoms with Gasteiger partial charge in [0.25, 0.3) is 0 Å². The maximum absolute atomic E-state index is 9.64. The van der Waals surface area contributed by atoms with Crippen LogP contribution in [0.4, 0.5) is 0 Å². The Balaban J connectivity index is 2.47. The van der Waals surface area contributed by atoms with Crippen molar-refractivity contribution in [3.63, 3.8) is 0 Å². The fraction of sp³-hybridized carbons (Fsp3) is 0.105. The van der Waals surface area contributed by atoms with Crippen molar-refractivity contribution in [2.24, 2.45) is 0 Å². The number of rotatable bonds is 3. The molecule has 1 heteroatoms. The Hall–Kier alpha value is -2.77. The predicted molar refractivity (Wildman–Crippen MR) is 81.9 cm³/mol. The molecule has 0 aromatic heterocycles. The zero-order valence-corrected chi connectivity index (χ0v) is 11.2. The summed E-state index contributed by atoms with van der Waals surface area (Å²) in [5.74, 6) is 6.23. The molecule has 0 fully saturated rings. The maximum Gasteiger partial charge on any atom is 0.146 e. The summed E-state index contributed by atoms with van der Waals surface area (Å²) in [5, 5.41) is 9.64. The van der Waals surface area contributed by atoms with Crippen molar-refractivity contribution >= 4 is 0 Å². The summed E-state index contributed by atoms with van der Waals surface area (Å²) in [4.78, 5) is 0. The molecule has 20 heavy (non-hydrogen) atoms. The van der Waals surface area contributed by atoms with Crippen molar-refractivity contribution in [2.75, 3.05) is 0 Å². The first kappa shape index (κ1) is 13.7. The smallest absolute Gasteiger partial charge is 0.146 e. The highest BCUT2D eigenvalue weighted by Gasteiger charge is 2.28. The van der Waals surface area contributed by atoms with E-state index in [-0.39, 0.29) is 0 Å². The molecule has 0 spiro atoms. The van der Waals surface area contributed by atoms with Crippen molar-refractivity contribution in [3.8, 4) is 17.9 Å². The minimum absolute atomic E-state index is 0.507. The number of hydrogen-bond donors (Lipinski definition) is 0. The molecule has 0 N–H and O–H groups in total. The van der Waals surface area contributed by atoms with E-state index >= 15 is 0 Å². The molecule has 96 valence electrons. The molecular weight excluding hydrogens is 242 g/mol. The van der Waals surface area contributed by atoms with Gasteiger partial charge < -0.3 is 0 Å². The molecule has 1 unspecified atom stereocenters. The Morgan fingerprint density at radius 2 is 1.60 bits per heavy atom. The summed E-state index contributed by atoms with van der Waals surface area (Å²) >= 11 is 0. The fourth-order valence-electron chi connectivity index (χ4n) is 2.02. The van der Waals surface area contributed by atoms with Crippen molar-refractivity contribution in [3.05, 3.63) is 84.4 Å². The second-order valence-electron chi connectivity index (χ2n) is 4.49. The first-order chi connectivity index (χ1) is 9.80. The topological polar surface area (TPSA) is 23.8 Å². The lowest BCUT2D eigenvalue weighted by Gasteiger charge is -2.19. The summed E-state index contributed by atoms with van der Waals surface area (Å²) in [6, 6.07) is 21.7. The first-order valence-corrected chi connectivity index (χ1v) is 6.47. The van der Waals surface area contributed by atoms with Gasteiger partial charge in [-0.15, -0.1) is 6.58 Å². The molecule has 0 amide bonds. The van der Waals surface area contributed by atoms with Crippen molar-refractivity contribution < 1.29 is 0 Å². The van der Waals surface area contributed by atoms with E-state index in [1.807, 2.05) is 60.7 Å². The Bertz CT molecular complexity index is 668. The van der Waals surface area contributed by atoms with E-state index in [1.165, 1.54) is 0 Å². The van der Waals surface area contributed by atoms with Gasteiger partial charge in [-0.3, -0.25) is 0 Å². The minimum Gasteiger partial charge on any atom is -0.196 e. The average molecular weight is 257 g/mol. The molecule has 1 atom stereocenters. The average Bonchev–Trinajstić information content (AvgIpc) is 2.53. The van der Waals surface area contributed by atoms with Gasteiger partial charge in [0.15, 0.2) is 0 Å². The monoisotopic (exact) mass is 257 g/mol. The van der Waals surface area contributed by atoms with Gasteiger partial charge in [-0.1, -0.05) is 66.4 Å². The van der Waals surface area contributed by atoms with Gasteiger partial charge >= 0.3 is 0 Å². The van der Waals surface area contributed by atoms with Gasteiger partial charge in [0.1, 0.15) is 5.41 Å². The molecule has 2 aromatic rings. The lowest BCUT2D eigenvalue weighted by Crippen LogP contribution is -2.21. The summed E-state index contributed by atoms with van der Waals surface area (Å²) in [6.07, 6.45) is 2.25. The van der Waals surface area contributed by atoms with Crippen LogP contribution >= 0.6 is 0 Å². The summed E-state index contributed by atoms with van der Waals surface area (Å²) < 4.78 is 0. The van der Waals surface area contributed by atoms with E-state index < -0.39 is 5.41 Å². The van der Waals surface area contributed by atoms with Crippen LogP contribution in [0, 0.1) is 23.2 Å². The second-order valence-corrected chi connectivity index (χ2v) is 4.49. The number of hydrogen-bond acceptors (Lipinski definition) is 1. The molecule has 0 aliphatic heterocycles. The summed E-state index contributed by atoms with van der Waals surface area (Å²) in [7, 11) is 0. The van der Waals surface area contributed by atoms with Crippen LogP contribution in [0.3, 0.4) is 0 Å². The third-order valence-electron chi connectivity index (χ3n) is 3.10. The largest absolute Gasteiger partial charge is 0.196 e. The van der Waals surface area contributed by atoms with E-state index in [9.17, 15) is 5.26 Å². The van der Waals surface area contributed by atoms with E-state index in [2.05, 4.69) is 24.5 Å². The highest BCUT2D eigenvalue weighted by atomic mass is 14.4. The van der Waals surface area contributed by atoms with Crippen LogP contribution in [-0.4, -0.2) is 0 Å². The zero-order chi connectivity index (χ0) is 14.3. The van der Waals surface area contributed by atoms with Gasteiger partial charge in [-0.2, -0.15) is 5.26 Å². The predicted octanol–water partition coefficient (Wildman–Crippen LogP) is 4.08. The lowest BCUT2D eigenvalue weighted by atomic mass is 9.79. The Morgan fingerprint density at radius 1 is 1.00 bits per heavy atom. The second kappa shape index (κ2) is 6.41. The van der Waals surface area contributed by atoms with Crippen LogP contribution in [0.25, 0.3) is 0 Å². The fourth-order valence-corrected chi connectivity index (χ4v) is 2.02. The number of nitriles is 1. The normalized spacial score (nSPS) is 12.3. The highest BCUT2D eigenvalue weighted by molar-refractivity contribution is 5.47. The van der Waals surface area contributed by atoms with Crippen molar-refractivity contribution in [2.45, 2.75) is 11.8 Å². The van der Waals surface area contributed by atoms with E-state index in [0.717, 1.165) is 11.1 Å². The molecule has 2 rings (SSSR count). The summed E-state index contributed by atoms with van der Waals surface area (Å²) in [5.41, 5.74) is 0.983. The van der Waals surface area contributed by atoms with Gasteiger partial charge in [-0.05, 0) is 24.1 Å². The molecule has 0 saturated carbocycles. The quantitative estimate of drug-likeness (QED) is 0.600. The highest BCUT2D eigenvalue weighted by Crippen LogP contribution is 2.27. The van der Waals surface area contributed by atoms with Crippen LogP contribution in [0.15, 0.2) is 73.3 Å². The SMILES string of the molecule is C=CCC(C#N)(C#Cc1ccccc1)c1ccccc1. The van der Waals surface area contributed by atoms with Gasteiger partial charge in [0.05, 0.1) is 6.07 Å². The Morgan fingerprint density at radius 3 is 2.15 bits per heavy atom. The molecule has 0 bridgehead atoms. The molecule has 0 radical (unpaired) electrons. The molecule has 0 saturated heterocycles. The van der Waals surface area contributed by atoms with Gasteiger partial charge in [0.2, 0.25) is 0 Å². The zero-order valence-electron chi connectivity index (χ0n) is 11.2. The standard InChI is InChI=1S/C19H15N/c1-2-14-19(16-20,18-11-7-4-8-12-18)15-13-17-9-5-3-6-10-17/h2-12H,1,14H2. The van der Waals surface area contributed by atoms with Crippen molar-refractivity contribution in [1.29, 1.82) is 5.26 Å². The molecule has 0 aliphatic rings. The van der Waals surface area contributed by atoms with E-state index in [1.54, 1.807) is 6.08 Å². The molecule has 1 nitrogen and oxygen atoms in total. The minimum atomic E-state index is -0.834. The van der Waals surface area contributed by atoms with Gasteiger partial charge in [0, 0.05) is 5.56 Å². The van der Waals surface area contributed by atoms with Crippen LogP contribution in [-0.2, 0) is 5.41 Å². The number of allylic oxidation sites excluding steroid dienone is 1. The van der Waals surface area contributed by atoms with Crippen molar-refractivity contribution in [1.82, 2.24) is 0 Å².